The molecule has 5 nitrogen and oxygen atoms in total. The van der Waals surface area contributed by atoms with Crippen molar-refractivity contribution in [2.75, 3.05) is 26.2 Å². The molecule has 0 aromatic heterocycles. The number of aryl methyl sites for hydroxylation is 1. The number of hydrogen-bond acceptors (Lipinski definition) is 5. The minimum absolute atomic E-state index is 0.0752. The van der Waals surface area contributed by atoms with Crippen molar-refractivity contribution in [1.82, 2.24) is 4.90 Å². The smallest absolute Gasteiger partial charge is 0.137 e. The second kappa shape index (κ2) is 7.80. The summed E-state index contributed by atoms with van der Waals surface area (Å²) < 4.78 is 19.0. The highest BCUT2D eigenvalue weighted by molar-refractivity contribution is 5.29. The van der Waals surface area contributed by atoms with Crippen LogP contribution in [0.5, 0.6) is 5.75 Å². The number of piperidine rings is 1. The first kappa shape index (κ1) is 19.5. The summed E-state index contributed by atoms with van der Waals surface area (Å²) in [5, 5.41) is 32.0. The van der Waals surface area contributed by atoms with E-state index in [0.717, 1.165) is 32.1 Å². The van der Waals surface area contributed by atoms with Crippen molar-refractivity contribution in [3.8, 4) is 5.75 Å². The minimum Gasteiger partial charge on any atom is -0.490 e. The molecule has 1 aromatic rings. The summed E-state index contributed by atoms with van der Waals surface area (Å²) in [6.45, 7) is 2.98. The fourth-order valence-corrected chi connectivity index (χ4v) is 4.12. The Morgan fingerprint density at radius 2 is 1.96 bits per heavy atom. The normalized spacial score (nSPS) is 29.5. The van der Waals surface area contributed by atoms with Gasteiger partial charge < -0.3 is 20.1 Å². The molecule has 26 heavy (non-hydrogen) atoms. The van der Waals surface area contributed by atoms with Crippen LogP contribution in [-0.2, 0) is 0 Å². The van der Waals surface area contributed by atoms with E-state index < -0.39 is 17.3 Å². The number of β-amino-alcohol motifs (C(OH)–C–C–N with tert-alkyl or cyclic N) is 2. The van der Waals surface area contributed by atoms with Crippen molar-refractivity contribution in [1.29, 1.82) is 0 Å². The number of ether oxygens (including phenoxy) is 1. The zero-order valence-corrected chi connectivity index (χ0v) is 15.5. The van der Waals surface area contributed by atoms with Gasteiger partial charge in [0.15, 0.2) is 0 Å². The molecule has 0 amide bonds. The third-order valence-electron chi connectivity index (χ3n) is 5.76. The van der Waals surface area contributed by atoms with Crippen LogP contribution in [0.25, 0.3) is 0 Å². The maximum Gasteiger partial charge on any atom is 0.137 e. The number of aliphatic hydroxyl groups is 3. The van der Waals surface area contributed by atoms with Crippen LogP contribution < -0.4 is 4.74 Å². The quantitative estimate of drug-likeness (QED) is 0.742. The van der Waals surface area contributed by atoms with Gasteiger partial charge in [0, 0.05) is 19.6 Å². The van der Waals surface area contributed by atoms with Gasteiger partial charge >= 0.3 is 0 Å². The topological polar surface area (TPSA) is 73.2 Å². The van der Waals surface area contributed by atoms with Gasteiger partial charge in [-0.3, -0.25) is 4.90 Å². The molecule has 146 valence electrons. The Morgan fingerprint density at radius 3 is 2.65 bits per heavy atom. The lowest BCUT2D eigenvalue weighted by atomic mass is 9.83. The number of benzene rings is 1. The van der Waals surface area contributed by atoms with Crippen LogP contribution in [0.15, 0.2) is 18.2 Å². The first-order valence-electron chi connectivity index (χ1n) is 9.54. The van der Waals surface area contributed by atoms with Gasteiger partial charge in [0.2, 0.25) is 0 Å². The Hall–Kier alpha value is -1.21. The van der Waals surface area contributed by atoms with Gasteiger partial charge in [-0.15, -0.1) is 0 Å². The SMILES string of the molecule is Cc1cc(OC[C@@]2(O)CN(CC3(O)CCCCC3)CC[C@@H]2O)ccc1F. The number of aliphatic hydroxyl groups excluding tert-OH is 1. The van der Waals surface area contributed by atoms with E-state index in [9.17, 15) is 19.7 Å². The lowest BCUT2D eigenvalue weighted by Crippen LogP contribution is -2.62. The van der Waals surface area contributed by atoms with E-state index in [1.807, 2.05) is 4.90 Å². The molecule has 3 rings (SSSR count). The van der Waals surface area contributed by atoms with Gasteiger partial charge in [-0.05, 0) is 49.9 Å². The van der Waals surface area contributed by atoms with Gasteiger partial charge in [0.25, 0.3) is 0 Å². The zero-order chi connectivity index (χ0) is 18.8. The summed E-state index contributed by atoms with van der Waals surface area (Å²) >= 11 is 0. The second-order valence-corrected chi connectivity index (χ2v) is 8.10. The number of hydrogen-bond donors (Lipinski definition) is 3. The van der Waals surface area contributed by atoms with Crippen molar-refractivity contribution < 1.29 is 24.4 Å². The Bertz CT molecular complexity index is 620. The van der Waals surface area contributed by atoms with Gasteiger partial charge in [-0.25, -0.2) is 4.39 Å². The summed E-state index contributed by atoms with van der Waals surface area (Å²) in [7, 11) is 0. The number of halogens is 1. The molecule has 1 saturated carbocycles. The molecule has 1 aliphatic carbocycles. The molecule has 0 radical (unpaired) electrons. The second-order valence-electron chi connectivity index (χ2n) is 8.10. The van der Waals surface area contributed by atoms with E-state index in [1.165, 1.54) is 12.1 Å². The lowest BCUT2D eigenvalue weighted by Gasteiger charge is -2.45. The van der Waals surface area contributed by atoms with Crippen LogP contribution in [0.1, 0.15) is 44.1 Å². The molecule has 6 heteroatoms. The van der Waals surface area contributed by atoms with Gasteiger partial charge in [0.1, 0.15) is 23.8 Å². The molecule has 0 bridgehead atoms. The predicted molar refractivity (Wildman–Crippen MR) is 96.7 cm³/mol. The largest absolute Gasteiger partial charge is 0.490 e. The maximum absolute atomic E-state index is 13.4. The summed E-state index contributed by atoms with van der Waals surface area (Å²) in [4.78, 5) is 2.03. The van der Waals surface area contributed by atoms with E-state index in [4.69, 9.17) is 4.74 Å². The highest BCUT2D eigenvalue weighted by Gasteiger charge is 2.44. The third kappa shape index (κ3) is 4.55. The third-order valence-corrected chi connectivity index (χ3v) is 5.76. The number of rotatable bonds is 5. The van der Waals surface area contributed by atoms with Crippen molar-refractivity contribution >= 4 is 0 Å². The highest BCUT2D eigenvalue weighted by atomic mass is 19.1. The molecule has 2 atom stereocenters. The molecular formula is C20H30FNO4. The molecular weight excluding hydrogens is 337 g/mol. The van der Waals surface area contributed by atoms with E-state index in [2.05, 4.69) is 0 Å². The van der Waals surface area contributed by atoms with E-state index in [-0.39, 0.29) is 19.0 Å². The Morgan fingerprint density at radius 1 is 1.23 bits per heavy atom. The average Bonchev–Trinajstić information content (AvgIpc) is 2.60. The summed E-state index contributed by atoms with van der Waals surface area (Å²) in [5.74, 6) is 0.160. The predicted octanol–water partition coefficient (Wildman–Crippen LogP) is 2.01. The molecule has 1 heterocycles. The minimum atomic E-state index is -1.41. The van der Waals surface area contributed by atoms with E-state index >= 15 is 0 Å². The average molecular weight is 367 g/mol. The molecule has 0 unspecified atom stereocenters. The van der Waals surface area contributed by atoms with Crippen LogP contribution >= 0.6 is 0 Å². The lowest BCUT2D eigenvalue weighted by molar-refractivity contribution is -0.149. The fraction of sp³-hybridized carbons (Fsp3) is 0.700. The van der Waals surface area contributed by atoms with Crippen molar-refractivity contribution in [3.63, 3.8) is 0 Å². The first-order valence-corrected chi connectivity index (χ1v) is 9.54. The van der Waals surface area contributed by atoms with Crippen LogP contribution in [0.2, 0.25) is 0 Å². The van der Waals surface area contributed by atoms with Crippen LogP contribution in [0.3, 0.4) is 0 Å². The van der Waals surface area contributed by atoms with Crippen LogP contribution in [0, 0.1) is 12.7 Å². The van der Waals surface area contributed by atoms with E-state index in [1.54, 1.807) is 13.0 Å². The van der Waals surface area contributed by atoms with Crippen molar-refractivity contribution in [3.05, 3.63) is 29.6 Å². The van der Waals surface area contributed by atoms with Crippen molar-refractivity contribution in [2.45, 2.75) is 62.8 Å². The van der Waals surface area contributed by atoms with Crippen LogP contribution in [0.4, 0.5) is 4.39 Å². The Kier molecular flexibility index (Phi) is 5.87. The molecule has 0 spiro atoms. The van der Waals surface area contributed by atoms with Gasteiger partial charge in [-0.2, -0.15) is 0 Å². The first-order chi connectivity index (χ1) is 12.3. The molecule has 1 aliphatic heterocycles. The summed E-state index contributed by atoms with van der Waals surface area (Å²) in [6.07, 6.45) is 4.34. The Balaban J connectivity index is 1.61. The van der Waals surface area contributed by atoms with E-state index in [0.29, 0.717) is 30.8 Å². The zero-order valence-electron chi connectivity index (χ0n) is 15.5. The molecule has 2 aliphatic rings. The standard InChI is InChI=1S/C20H30FNO4/c1-15-11-16(5-6-17(15)21)26-14-20(25)13-22(10-7-18(20)23)12-19(24)8-3-2-4-9-19/h5-6,11,18,23-25H,2-4,7-10,12-14H2,1H3/t18-,20-/m0/s1. The van der Waals surface area contributed by atoms with Crippen LogP contribution in [-0.4, -0.2) is 63.8 Å². The monoisotopic (exact) mass is 367 g/mol. The maximum atomic E-state index is 13.4. The Labute approximate surface area is 154 Å². The fourth-order valence-electron chi connectivity index (χ4n) is 4.12. The summed E-state index contributed by atoms with van der Waals surface area (Å²) in [6, 6.07) is 4.43. The molecule has 1 aromatic carbocycles. The number of likely N-dealkylation sites (tertiary alicyclic amines) is 1. The van der Waals surface area contributed by atoms with Crippen molar-refractivity contribution in [2.24, 2.45) is 0 Å². The molecule has 3 N–H and O–H groups in total. The summed E-state index contributed by atoms with van der Waals surface area (Å²) in [5.41, 5.74) is -1.64. The van der Waals surface area contributed by atoms with Gasteiger partial charge in [0.05, 0.1) is 11.7 Å². The van der Waals surface area contributed by atoms with Gasteiger partial charge in [-0.1, -0.05) is 19.3 Å². The highest BCUT2D eigenvalue weighted by Crippen LogP contribution is 2.31. The number of nitrogens with zero attached hydrogens (tertiary/aromatic N) is 1. The molecule has 1 saturated heterocycles. The molecule has 2 fully saturated rings.